The standard InChI is InChI=1S/C15H14N2O2/c16-14-3-1-10(6-12(14)8-18)5-11-2-4-15(17)13(7-11)9-19/h1-4,6-7,14-15H,5,16-17H2. The first kappa shape index (κ1) is 13.2. The van der Waals surface area contributed by atoms with Crippen molar-refractivity contribution >= 4 is 11.9 Å². The quantitative estimate of drug-likeness (QED) is 0.704. The normalized spacial score (nSPS) is 25.6. The van der Waals surface area contributed by atoms with E-state index in [1.807, 2.05) is 24.0 Å². The molecule has 96 valence electrons. The maximum Gasteiger partial charge on any atom is 0.129 e. The van der Waals surface area contributed by atoms with E-state index in [1.54, 1.807) is 24.3 Å². The van der Waals surface area contributed by atoms with E-state index in [4.69, 9.17) is 11.5 Å². The molecule has 0 fully saturated rings. The molecule has 0 aromatic rings. The van der Waals surface area contributed by atoms with Gasteiger partial charge < -0.3 is 11.5 Å². The molecule has 2 unspecified atom stereocenters. The van der Waals surface area contributed by atoms with Crippen molar-refractivity contribution in [1.29, 1.82) is 0 Å². The van der Waals surface area contributed by atoms with Crippen LogP contribution in [0.1, 0.15) is 6.42 Å². The Morgan fingerprint density at radius 2 is 1.32 bits per heavy atom. The Balaban J connectivity index is 2.20. The molecule has 4 heteroatoms. The highest BCUT2D eigenvalue weighted by molar-refractivity contribution is 5.65. The monoisotopic (exact) mass is 254 g/mol. The van der Waals surface area contributed by atoms with Crippen molar-refractivity contribution in [3.05, 3.63) is 58.7 Å². The summed E-state index contributed by atoms with van der Waals surface area (Å²) in [5, 5.41) is 0. The predicted molar refractivity (Wildman–Crippen MR) is 73.4 cm³/mol. The van der Waals surface area contributed by atoms with Crippen LogP contribution < -0.4 is 11.5 Å². The van der Waals surface area contributed by atoms with Crippen LogP contribution in [-0.4, -0.2) is 24.0 Å². The molecule has 0 radical (unpaired) electrons. The zero-order valence-corrected chi connectivity index (χ0v) is 10.3. The molecule has 0 heterocycles. The van der Waals surface area contributed by atoms with Crippen LogP contribution in [-0.2, 0) is 9.59 Å². The summed E-state index contributed by atoms with van der Waals surface area (Å²) in [5.41, 5.74) is 14.2. The van der Waals surface area contributed by atoms with Gasteiger partial charge in [0.2, 0.25) is 0 Å². The van der Waals surface area contributed by atoms with Crippen molar-refractivity contribution in [2.24, 2.45) is 11.5 Å². The fourth-order valence-corrected chi connectivity index (χ4v) is 2.00. The Bertz CT molecular complexity index is 556. The minimum atomic E-state index is -0.393. The molecular formula is C15H14N2O2. The van der Waals surface area contributed by atoms with Crippen LogP contribution in [0.4, 0.5) is 0 Å². The topological polar surface area (TPSA) is 86.2 Å². The number of hydrogen-bond donors (Lipinski definition) is 2. The third kappa shape index (κ3) is 2.97. The van der Waals surface area contributed by atoms with Crippen molar-refractivity contribution in [3.63, 3.8) is 0 Å². The molecule has 2 rings (SSSR count). The van der Waals surface area contributed by atoms with Gasteiger partial charge in [-0.15, -0.1) is 0 Å². The van der Waals surface area contributed by atoms with Crippen molar-refractivity contribution in [1.82, 2.24) is 0 Å². The van der Waals surface area contributed by atoms with Gasteiger partial charge in [0, 0.05) is 0 Å². The first-order chi connectivity index (χ1) is 9.13. The van der Waals surface area contributed by atoms with Gasteiger partial charge in [0.1, 0.15) is 11.9 Å². The summed E-state index contributed by atoms with van der Waals surface area (Å²) in [4.78, 5) is 21.5. The molecule has 4 N–H and O–H groups in total. The fourth-order valence-electron chi connectivity index (χ4n) is 2.00. The molecule has 2 aliphatic rings. The Hall–Kier alpha value is -2.22. The molecule has 0 aromatic carbocycles. The Morgan fingerprint density at radius 3 is 1.68 bits per heavy atom. The second-order valence-electron chi connectivity index (χ2n) is 4.50. The number of hydrogen-bond acceptors (Lipinski definition) is 4. The van der Waals surface area contributed by atoms with E-state index in [-0.39, 0.29) is 0 Å². The van der Waals surface area contributed by atoms with Crippen molar-refractivity contribution in [2.75, 3.05) is 0 Å². The summed E-state index contributed by atoms with van der Waals surface area (Å²) in [5.74, 6) is 3.67. The van der Waals surface area contributed by atoms with E-state index in [0.717, 1.165) is 11.1 Å². The molecule has 0 bridgehead atoms. The van der Waals surface area contributed by atoms with Gasteiger partial charge in [-0.05, 0) is 29.7 Å². The van der Waals surface area contributed by atoms with E-state index in [9.17, 15) is 9.59 Å². The summed E-state index contributed by atoms with van der Waals surface area (Å²) < 4.78 is 0. The number of nitrogens with two attached hydrogens (primary N) is 2. The minimum Gasteiger partial charge on any atom is -0.320 e. The second-order valence-corrected chi connectivity index (χ2v) is 4.50. The Labute approximate surface area is 111 Å². The summed E-state index contributed by atoms with van der Waals surface area (Å²) in [6.07, 6.45) is 11.3. The van der Waals surface area contributed by atoms with Crippen LogP contribution in [0.3, 0.4) is 0 Å². The van der Waals surface area contributed by atoms with E-state index in [2.05, 4.69) is 0 Å². The molecule has 0 spiro atoms. The van der Waals surface area contributed by atoms with Crippen LogP contribution >= 0.6 is 0 Å². The fraction of sp³-hybridized carbons (Fsp3) is 0.200. The minimum absolute atomic E-state index is 0.393. The van der Waals surface area contributed by atoms with E-state index >= 15 is 0 Å². The van der Waals surface area contributed by atoms with Gasteiger partial charge in [0.25, 0.3) is 0 Å². The molecular weight excluding hydrogens is 240 g/mol. The zero-order chi connectivity index (χ0) is 13.8. The van der Waals surface area contributed by atoms with Gasteiger partial charge in [-0.2, -0.15) is 0 Å². The first-order valence-electron chi connectivity index (χ1n) is 5.92. The van der Waals surface area contributed by atoms with Gasteiger partial charge in [-0.1, -0.05) is 24.3 Å². The molecule has 19 heavy (non-hydrogen) atoms. The van der Waals surface area contributed by atoms with Crippen molar-refractivity contribution in [2.45, 2.75) is 18.5 Å². The molecule has 2 atom stereocenters. The lowest BCUT2D eigenvalue weighted by Gasteiger charge is -2.16. The summed E-state index contributed by atoms with van der Waals surface area (Å²) in [6, 6.07) is -0.785. The van der Waals surface area contributed by atoms with Gasteiger partial charge in [-0.25, -0.2) is 9.59 Å². The van der Waals surface area contributed by atoms with Gasteiger partial charge in [0.15, 0.2) is 0 Å². The molecule has 0 aromatic heterocycles. The number of allylic oxidation sites excluding steroid dienone is 4. The molecule has 4 nitrogen and oxygen atoms in total. The molecule has 0 saturated heterocycles. The molecule has 2 aliphatic carbocycles. The van der Waals surface area contributed by atoms with Crippen LogP contribution in [0.2, 0.25) is 0 Å². The lowest BCUT2D eigenvalue weighted by molar-refractivity contribution is 0.566. The van der Waals surface area contributed by atoms with Crippen LogP contribution in [0.5, 0.6) is 0 Å². The molecule has 0 saturated carbocycles. The first-order valence-corrected chi connectivity index (χ1v) is 5.92. The Kier molecular flexibility index (Phi) is 3.91. The zero-order valence-electron chi connectivity index (χ0n) is 10.3. The highest BCUT2D eigenvalue weighted by atomic mass is 16.1. The SMILES string of the molecule is NC1C=CC(CC2=CC(=C=O)C(N)C=C2)=CC1=C=O. The van der Waals surface area contributed by atoms with Gasteiger partial charge in [-0.3, -0.25) is 0 Å². The average molecular weight is 254 g/mol. The second kappa shape index (κ2) is 5.61. The maximum absolute atomic E-state index is 10.7. The number of rotatable bonds is 2. The highest BCUT2D eigenvalue weighted by Gasteiger charge is 2.14. The molecule has 0 aliphatic heterocycles. The average Bonchev–Trinajstić information content (AvgIpc) is 2.43. The molecule has 0 amide bonds. The third-order valence-electron chi connectivity index (χ3n) is 3.08. The Morgan fingerprint density at radius 1 is 0.895 bits per heavy atom. The summed E-state index contributed by atoms with van der Waals surface area (Å²) in [7, 11) is 0. The van der Waals surface area contributed by atoms with Gasteiger partial charge >= 0.3 is 0 Å². The summed E-state index contributed by atoms with van der Waals surface area (Å²) >= 11 is 0. The largest absolute Gasteiger partial charge is 0.320 e. The lowest BCUT2D eigenvalue weighted by atomic mass is 9.91. The van der Waals surface area contributed by atoms with E-state index in [1.165, 1.54) is 0 Å². The predicted octanol–water partition coefficient (Wildman–Crippen LogP) is 0.540. The van der Waals surface area contributed by atoms with Gasteiger partial charge in [0.05, 0.1) is 23.2 Å². The maximum atomic E-state index is 10.7. The summed E-state index contributed by atoms with van der Waals surface area (Å²) in [6.45, 7) is 0. The van der Waals surface area contributed by atoms with Crippen molar-refractivity contribution < 1.29 is 9.59 Å². The highest BCUT2D eigenvalue weighted by Crippen LogP contribution is 2.23. The van der Waals surface area contributed by atoms with E-state index in [0.29, 0.717) is 17.6 Å². The van der Waals surface area contributed by atoms with Crippen molar-refractivity contribution in [3.8, 4) is 0 Å². The van der Waals surface area contributed by atoms with Crippen LogP contribution in [0.25, 0.3) is 0 Å². The van der Waals surface area contributed by atoms with Crippen LogP contribution in [0, 0.1) is 0 Å². The van der Waals surface area contributed by atoms with Crippen LogP contribution in [0.15, 0.2) is 58.7 Å². The lowest BCUT2D eigenvalue weighted by Crippen LogP contribution is -2.22. The smallest absolute Gasteiger partial charge is 0.129 e. The van der Waals surface area contributed by atoms with E-state index < -0.39 is 12.1 Å². The third-order valence-corrected chi connectivity index (χ3v) is 3.08. The number of carbonyl (C=O) groups excluding carboxylic acids is 2.